The summed E-state index contributed by atoms with van der Waals surface area (Å²) in [5.41, 5.74) is 2.21. The van der Waals surface area contributed by atoms with Crippen LogP contribution in [0.3, 0.4) is 0 Å². The summed E-state index contributed by atoms with van der Waals surface area (Å²) >= 11 is 5.65. The number of aryl methyl sites for hydroxylation is 2. The van der Waals surface area contributed by atoms with Crippen molar-refractivity contribution in [2.45, 2.75) is 32.6 Å². The number of fused-ring (bicyclic) bond motifs is 1. The summed E-state index contributed by atoms with van der Waals surface area (Å²) in [7, 11) is 1.93. The molecule has 0 spiro atoms. The van der Waals surface area contributed by atoms with Crippen molar-refractivity contribution in [1.82, 2.24) is 4.57 Å². The third kappa shape index (κ3) is 4.49. The standard InChI is InChI=1S/C23H25ClN2O4/c1-3-4-6-17-15-19-20(25(17)2)11-12-21(26(28)29)22(19)23(27)16-7-9-18(10-8-16)30-14-5-13-24/h7-12,15H,3-6,13-14H2,1-2H3. The zero-order chi connectivity index (χ0) is 21.7. The molecule has 0 aliphatic heterocycles. The first-order valence-electron chi connectivity index (χ1n) is 10.1. The first kappa shape index (κ1) is 21.8. The topological polar surface area (TPSA) is 74.4 Å². The lowest BCUT2D eigenvalue weighted by molar-refractivity contribution is -0.385. The Morgan fingerprint density at radius 3 is 2.53 bits per heavy atom. The first-order valence-corrected chi connectivity index (χ1v) is 10.6. The number of benzene rings is 2. The average molecular weight is 429 g/mol. The lowest BCUT2D eigenvalue weighted by atomic mass is 9.98. The molecule has 30 heavy (non-hydrogen) atoms. The largest absolute Gasteiger partial charge is 0.494 e. The van der Waals surface area contributed by atoms with Crippen molar-refractivity contribution in [2.24, 2.45) is 7.05 Å². The number of alkyl halides is 1. The molecule has 2 aromatic carbocycles. The van der Waals surface area contributed by atoms with Gasteiger partial charge in [-0.05, 0) is 55.7 Å². The van der Waals surface area contributed by atoms with Crippen LogP contribution in [0.2, 0.25) is 0 Å². The van der Waals surface area contributed by atoms with Gasteiger partial charge in [0.25, 0.3) is 5.69 Å². The van der Waals surface area contributed by atoms with Crippen LogP contribution < -0.4 is 4.74 Å². The smallest absolute Gasteiger partial charge is 0.281 e. The van der Waals surface area contributed by atoms with E-state index in [0.29, 0.717) is 29.2 Å². The van der Waals surface area contributed by atoms with Crippen molar-refractivity contribution in [3.8, 4) is 5.75 Å². The van der Waals surface area contributed by atoms with E-state index in [0.717, 1.165) is 36.9 Å². The lowest BCUT2D eigenvalue weighted by Gasteiger charge is -2.08. The number of aromatic nitrogens is 1. The maximum atomic E-state index is 13.3. The number of hydrogen-bond donors (Lipinski definition) is 0. The summed E-state index contributed by atoms with van der Waals surface area (Å²) < 4.78 is 7.58. The van der Waals surface area contributed by atoms with Gasteiger partial charge in [0, 0.05) is 41.2 Å². The van der Waals surface area contributed by atoms with Crippen LogP contribution in [-0.4, -0.2) is 27.8 Å². The van der Waals surface area contributed by atoms with Crippen molar-refractivity contribution in [3.05, 3.63) is 69.4 Å². The van der Waals surface area contributed by atoms with Crippen LogP contribution in [0.4, 0.5) is 5.69 Å². The van der Waals surface area contributed by atoms with Crippen molar-refractivity contribution in [3.63, 3.8) is 0 Å². The van der Waals surface area contributed by atoms with Gasteiger partial charge in [0.2, 0.25) is 5.78 Å². The second-order valence-electron chi connectivity index (χ2n) is 7.19. The van der Waals surface area contributed by atoms with E-state index < -0.39 is 4.92 Å². The molecule has 0 radical (unpaired) electrons. The minimum Gasteiger partial charge on any atom is -0.494 e. The molecule has 158 valence electrons. The fourth-order valence-electron chi connectivity index (χ4n) is 3.53. The molecule has 6 nitrogen and oxygen atoms in total. The normalized spacial score (nSPS) is 11.0. The van der Waals surface area contributed by atoms with Gasteiger partial charge in [-0.1, -0.05) is 13.3 Å². The molecule has 0 bridgehead atoms. The molecule has 0 saturated carbocycles. The highest BCUT2D eigenvalue weighted by atomic mass is 35.5. The van der Waals surface area contributed by atoms with Gasteiger partial charge in [-0.15, -0.1) is 11.6 Å². The quantitative estimate of drug-likeness (QED) is 0.137. The molecule has 1 aromatic heterocycles. The van der Waals surface area contributed by atoms with E-state index in [1.54, 1.807) is 30.3 Å². The summed E-state index contributed by atoms with van der Waals surface area (Å²) in [6.07, 6.45) is 3.65. The maximum absolute atomic E-state index is 13.3. The molecule has 0 saturated heterocycles. The fraction of sp³-hybridized carbons (Fsp3) is 0.348. The van der Waals surface area contributed by atoms with Gasteiger partial charge < -0.3 is 9.30 Å². The SMILES string of the molecule is CCCCc1cc2c(C(=O)c3ccc(OCCCCl)cc3)c([N+](=O)[O-])ccc2n1C. The number of nitro benzene ring substituents is 1. The number of ether oxygens (including phenoxy) is 1. The zero-order valence-corrected chi connectivity index (χ0v) is 17.9. The summed E-state index contributed by atoms with van der Waals surface area (Å²) in [6, 6.07) is 11.7. The van der Waals surface area contributed by atoms with Gasteiger partial charge in [-0.25, -0.2) is 0 Å². The number of carbonyl (C=O) groups excluding carboxylic acids is 1. The molecule has 1 heterocycles. The number of hydrogen-bond acceptors (Lipinski definition) is 4. The van der Waals surface area contributed by atoms with Gasteiger partial charge in [-0.2, -0.15) is 0 Å². The highest BCUT2D eigenvalue weighted by molar-refractivity contribution is 6.19. The van der Waals surface area contributed by atoms with E-state index >= 15 is 0 Å². The molecule has 7 heteroatoms. The molecule has 0 aliphatic carbocycles. The summed E-state index contributed by atoms with van der Waals surface area (Å²) in [4.78, 5) is 24.5. The molecule has 3 aromatic rings. The van der Waals surface area contributed by atoms with Crippen LogP contribution in [0, 0.1) is 10.1 Å². The predicted octanol–water partition coefficient (Wildman–Crippen LogP) is 5.67. The number of carbonyl (C=O) groups is 1. The second-order valence-corrected chi connectivity index (χ2v) is 7.57. The Hall–Kier alpha value is -2.86. The third-order valence-electron chi connectivity index (χ3n) is 5.18. The van der Waals surface area contributed by atoms with Crippen molar-refractivity contribution in [2.75, 3.05) is 12.5 Å². The first-order chi connectivity index (χ1) is 14.5. The van der Waals surface area contributed by atoms with Gasteiger partial charge >= 0.3 is 0 Å². The van der Waals surface area contributed by atoms with E-state index in [4.69, 9.17) is 16.3 Å². The number of nitro groups is 1. The second kappa shape index (κ2) is 9.76. The van der Waals surface area contributed by atoms with Crippen LogP contribution in [0.5, 0.6) is 5.75 Å². The number of ketones is 1. The Bertz CT molecular complexity index is 1060. The van der Waals surface area contributed by atoms with E-state index in [9.17, 15) is 14.9 Å². The molecule has 0 unspecified atom stereocenters. The van der Waals surface area contributed by atoms with Crippen LogP contribution in [0.1, 0.15) is 47.8 Å². The molecular weight excluding hydrogens is 404 g/mol. The lowest BCUT2D eigenvalue weighted by Crippen LogP contribution is -2.07. The average Bonchev–Trinajstić information content (AvgIpc) is 3.07. The monoisotopic (exact) mass is 428 g/mol. The number of unbranched alkanes of at least 4 members (excludes halogenated alkanes) is 1. The van der Waals surface area contributed by atoms with Crippen LogP contribution in [-0.2, 0) is 13.5 Å². The highest BCUT2D eigenvalue weighted by Gasteiger charge is 2.26. The number of rotatable bonds is 10. The molecule has 0 atom stereocenters. The molecule has 0 N–H and O–H groups in total. The number of nitrogens with zero attached hydrogens (tertiary/aromatic N) is 2. The van der Waals surface area contributed by atoms with Crippen LogP contribution in [0.25, 0.3) is 10.9 Å². The summed E-state index contributed by atoms with van der Waals surface area (Å²) in [5, 5.41) is 12.3. The molecule has 0 fully saturated rings. The van der Waals surface area contributed by atoms with E-state index in [-0.39, 0.29) is 17.0 Å². The van der Waals surface area contributed by atoms with E-state index in [2.05, 4.69) is 6.92 Å². The van der Waals surface area contributed by atoms with Crippen molar-refractivity contribution in [1.29, 1.82) is 0 Å². The molecular formula is C23H25ClN2O4. The molecule has 3 rings (SSSR count). The van der Waals surface area contributed by atoms with Crippen molar-refractivity contribution >= 4 is 34.0 Å². The minimum absolute atomic E-state index is 0.131. The molecule has 0 amide bonds. The third-order valence-corrected chi connectivity index (χ3v) is 5.44. The van der Waals surface area contributed by atoms with Gasteiger partial charge in [0.1, 0.15) is 11.3 Å². The predicted molar refractivity (Wildman–Crippen MR) is 119 cm³/mol. The fourth-order valence-corrected chi connectivity index (χ4v) is 3.64. The Labute approximate surface area is 180 Å². The Kier molecular flexibility index (Phi) is 7.11. The zero-order valence-electron chi connectivity index (χ0n) is 17.2. The Morgan fingerprint density at radius 1 is 1.17 bits per heavy atom. The number of halogens is 1. The molecule has 0 aliphatic rings. The Balaban J connectivity index is 2.03. The van der Waals surface area contributed by atoms with Gasteiger partial charge in [-0.3, -0.25) is 14.9 Å². The van der Waals surface area contributed by atoms with Gasteiger partial charge in [0.15, 0.2) is 0 Å². The summed E-state index contributed by atoms with van der Waals surface area (Å²) in [5.74, 6) is 0.778. The van der Waals surface area contributed by atoms with E-state index in [1.807, 2.05) is 17.7 Å². The van der Waals surface area contributed by atoms with E-state index in [1.165, 1.54) is 6.07 Å². The van der Waals surface area contributed by atoms with Gasteiger partial charge in [0.05, 0.1) is 11.5 Å². The Morgan fingerprint density at radius 2 is 1.90 bits per heavy atom. The maximum Gasteiger partial charge on any atom is 0.281 e. The highest BCUT2D eigenvalue weighted by Crippen LogP contribution is 2.32. The van der Waals surface area contributed by atoms with Crippen molar-refractivity contribution < 1.29 is 14.5 Å². The van der Waals surface area contributed by atoms with Crippen LogP contribution in [0.15, 0.2) is 42.5 Å². The minimum atomic E-state index is -0.491. The van der Waals surface area contributed by atoms with Crippen LogP contribution >= 0.6 is 11.6 Å². The summed E-state index contributed by atoms with van der Waals surface area (Å²) in [6.45, 7) is 2.61.